The molecule has 2 N–H and O–H groups in total. The van der Waals surface area contributed by atoms with Gasteiger partial charge in [-0.15, -0.1) is 0 Å². The molecule has 4 nitrogen and oxygen atoms in total. The molecule has 0 aromatic heterocycles. The minimum Gasteiger partial charge on any atom is -0.480 e. The fraction of sp³-hybridized carbons (Fsp3) is 0.550. The van der Waals surface area contributed by atoms with Gasteiger partial charge in [-0.3, -0.25) is 4.79 Å². The summed E-state index contributed by atoms with van der Waals surface area (Å²) in [6, 6.07) is 8.94. The van der Waals surface area contributed by atoms with Crippen LogP contribution >= 0.6 is 0 Å². The van der Waals surface area contributed by atoms with Gasteiger partial charge < -0.3 is 15.2 Å². The van der Waals surface area contributed by atoms with Crippen LogP contribution in [0.1, 0.15) is 50.9 Å². The first-order valence-corrected chi connectivity index (χ1v) is 8.73. The number of carbonyl (C=O) groups excluding carboxylic acids is 1. The number of allylic oxidation sites excluding steroid dienone is 1. The Balaban J connectivity index is 1.63. The number of aliphatic hydroxyl groups is 1. The molecule has 4 heteroatoms. The summed E-state index contributed by atoms with van der Waals surface area (Å²) >= 11 is 0. The molecule has 0 saturated heterocycles. The molecule has 0 unspecified atom stereocenters. The van der Waals surface area contributed by atoms with Crippen LogP contribution in [0.15, 0.2) is 42.0 Å². The molecule has 130 valence electrons. The van der Waals surface area contributed by atoms with E-state index in [2.05, 4.69) is 26.1 Å². The SMILES string of the molecule is C/C(NC(=O)c1ccccc1)=C(/O)O[C@@H]1C[C@@H]2C[C@H]([C@H]1C)C2(C)C. The summed E-state index contributed by atoms with van der Waals surface area (Å²) in [5.41, 5.74) is 1.29. The van der Waals surface area contributed by atoms with Crippen molar-refractivity contribution in [3.05, 3.63) is 47.5 Å². The number of hydrogen-bond acceptors (Lipinski definition) is 3. The highest BCUT2D eigenvalue weighted by atomic mass is 16.6. The molecule has 0 radical (unpaired) electrons. The number of rotatable bonds is 4. The number of benzene rings is 1. The summed E-state index contributed by atoms with van der Waals surface area (Å²) in [4.78, 5) is 12.1. The Hall–Kier alpha value is -1.97. The highest BCUT2D eigenvalue weighted by Gasteiger charge is 2.57. The van der Waals surface area contributed by atoms with Gasteiger partial charge in [-0.1, -0.05) is 39.0 Å². The van der Waals surface area contributed by atoms with Gasteiger partial charge >= 0.3 is 0 Å². The molecule has 1 amide bonds. The highest BCUT2D eigenvalue weighted by Crippen LogP contribution is 2.61. The monoisotopic (exact) mass is 329 g/mol. The summed E-state index contributed by atoms with van der Waals surface area (Å²) in [5.74, 6) is 1.30. The summed E-state index contributed by atoms with van der Waals surface area (Å²) in [7, 11) is 0. The Labute approximate surface area is 143 Å². The maximum Gasteiger partial charge on any atom is 0.297 e. The smallest absolute Gasteiger partial charge is 0.297 e. The first-order valence-electron chi connectivity index (χ1n) is 8.73. The molecule has 3 fully saturated rings. The van der Waals surface area contributed by atoms with Gasteiger partial charge in [0.1, 0.15) is 6.10 Å². The maximum atomic E-state index is 12.1. The lowest BCUT2D eigenvalue weighted by Gasteiger charge is -2.61. The predicted molar refractivity (Wildman–Crippen MR) is 93.3 cm³/mol. The van der Waals surface area contributed by atoms with Crippen molar-refractivity contribution < 1.29 is 14.6 Å². The molecule has 3 saturated carbocycles. The van der Waals surface area contributed by atoms with Crippen LogP contribution in [-0.2, 0) is 4.74 Å². The molecular formula is C20H27NO3. The summed E-state index contributed by atoms with van der Waals surface area (Å²) in [6.45, 7) is 8.53. The number of amides is 1. The minimum absolute atomic E-state index is 0.0188. The number of aliphatic hydroxyl groups excluding tert-OH is 1. The van der Waals surface area contributed by atoms with E-state index in [-0.39, 0.29) is 18.0 Å². The van der Waals surface area contributed by atoms with Gasteiger partial charge in [-0.05, 0) is 55.1 Å². The minimum atomic E-state index is -0.246. The van der Waals surface area contributed by atoms with Gasteiger partial charge in [0.15, 0.2) is 0 Å². The lowest BCUT2D eigenvalue weighted by atomic mass is 9.45. The van der Waals surface area contributed by atoms with E-state index in [1.165, 1.54) is 6.42 Å². The molecule has 0 aliphatic heterocycles. The molecule has 2 bridgehead atoms. The van der Waals surface area contributed by atoms with Gasteiger partial charge in [0.05, 0.1) is 5.70 Å². The number of hydrogen-bond donors (Lipinski definition) is 2. The van der Waals surface area contributed by atoms with Crippen LogP contribution in [0.4, 0.5) is 0 Å². The lowest BCUT2D eigenvalue weighted by molar-refractivity contribution is -0.171. The molecule has 4 atom stereocenters. The molecule has 1 aromatic carbocycles. The zero-order chi connectivity index (χ0) is 17.5. The molecular weight excluding hydrogens is 302 g/mol. The Morgan fingerprint density at radius 3 is 2.50 bits per heavy atom. The zero-order valence-electron chi connectivity index (χ0n) is 14.9. The van der Waals surface area contributed by atoms with Gasteiger partial charge in [-0.25, -0.2) is 0 Å². The van der Waals surface area contributed by atoms with Crippen molar-refractivity contribution in [2.24, 2.45) is 23.2 Å². The molecule has 4 rings (SSSR count). The van der Waals surface area contributed by atoms with Crippen LogP contribution in [0.5, 0.6) is 0 Å². The van der Waals surface area contributed by atoms with Crippen molar-refractivity contribution >= 4 is 5.91 Å². The van der Waals surface area contributed by atoms with Crippen LogP contribution in [0.25, 0.3) is 0 Å². The normalized spacial score (nSPS) is 31.5. The van der Waals surface area contributed by atoms with Crippen LogP contribution in [0.3, 0.4) is 0 Å². The first-order chi connectivity index (χ1) is 11.3. The maximum absolute atomic E-state index is 12.1. The topological polar surface area (TPSA) is 58.6 Å². The van der Waals surface area contributed by atoms with E-state index in [4.69, 9.17) is 4.74 Å². The highest BCUT2D eigenvalue weighted by molar-refractivity contribution is 5.95. The number of fused-ring (bicyclic) bond motifs is 2. The van der Waals surface area contributed by atoms with Crippen molar-refractivity contribution in [3.63, 3.8) is 0 Å². The Bertz CT molecular complexity index is 650. The third-order valence-corrected chi connectivity index (χ3v) is 6.21. The zero-order valence-corrected chi connectivity index (χ0v) is 14.9. The van der Waals surface area contributed by atoms with E-state index in [0.717, 1.165) is 6.42 Å². The Morgan fingerprint density at radius 1 is 1.25 bits per heavy atom. The van der Waals surface area contributed by atoms with Crippen LogP contribution < -0.4 is 5.32 Å². The van der Waals surface area contributed by atoms with E-state index in [1.807, 2.05) is 18.2 Å². The summed E-state index contributed by atoms with van der Waals surface area (Å²) in [6.07, 6.45) is 2.25. The van der Waals surface area contributed by atoms with Crippen molar-refractivity contribution in [2.45, 2.75) is 46.6 Å². The summed E-state index contributed by atoms with van der Waals surface area (Å²) < 4.78 is 5.82. The van der Waals surface area contributed by atoms with Crippen LogP contribution in [-0.4, -0.2) is 17.1 Å². The van der Waals surface area contributed by atoms with Gasteiger partial charge in [0.2, 0.25) is 0 Å². The molecule has 3 aliphatic rings. The van der Waals surface area contributed by atoms with Crippen LogP contribution in [0, 0.1) is 23.2 Å². The van der Waals surface area contributed by atoms with E-state index in [0.29, 0.717) is 34.4 Å². The fourth-order valence-corrected chi connectivity index (χ4v) is 4.38. The summed E-state index contributed by atoms with van der Waals surface area (Å²) in [5, 5.41) is 13.0. The van der Waals surface area contributed by atoms with Crippen molar-refractivity contribution in [1.82, 2.24) is 5.32 Å². The molecule has 3 aliphatic carbocycles. The average molecular weight is 329 g/mol. The van der Waals surface area contributed by atoms with Crippen molar-refractivity contribution in [2.75, 3.05) is 0 Å². The van der Waals surface area contributed by atoms with Gasteiger partial charge in [0, 0.05) is 5.56 Å². The molecule has 0 spiro atoms. The standard InChI is InChI=1S/C20H27NO3/c1-12-16-10-15(20(16,3)4)11-17(12)24-19(23)13(2)21-18(22)14-8-6-5-7-9-14/h5-9,12,15-17,23H,10-11H2,1-4H3,(H,21,22)/b19-13+/t12-,15+,16-,17-/m1/s1. The fourth-order valence-electron chi connectivity index (χ4n) is 4.38. The number of nitrogens with one attached hydrogen (secondary N) is 1. The average Bonchev–Trinajstić information content (AvgIpc) is 2.56. The second kappa shape index (κ2) is 6.15. The molecule has 24 heavy (non-hydrogen) atoms. The van der Waals surface area contributed by atoms with E-state index >= 15 is 0 Å². The molecule has 1 aromatic rings. The first kappa shape index (κ1) is 16.9. The Morgan fingerprint density at radius 2 is 1.92 bits per heavy atom. The second-order valence-electron chi connectivity index (χ2n) is 7.86. The third kappa shape index (κ3) is 2.90. The van der Waals surface area contributed by atoms with Crippen molar-refractivity contribution in [1.29, 1.82) is 0 Å². The second-order valence-corrected chi connectivity index (χ2v) is 7.86. The quantitative estimate of drug-likeness (QED) is 0.812. The third-order valence-electron chi connectivity index (χ3n) is 6.21. The van der Waals surface area contributed by atoms with E-state index in [9.17, 15) is 9.90 Å². The van der Waals surface area contributed by atoms with Gasteiger partial charge in [-0.2, -0.15) is 0 Å². The van der Waals surface area contributed by atoms with E-state index < -0.39 is 0 Å². The van der Waals surface area contributed by atoms with Gasteiger partial charge in [0.25, 0.3) is 11.9 Å². The van der Waals surface area contributed by atoms with Crippen molar-refractivity contribution in [3.8, 4) is 0 Å². The molecule has 0 heterocycles. The largest absolute Gasteiger partial charge is 0.480 e. The predicted octanol–water partition coefficient (Wildman–Crippen LogP) is 4.25. The van der Waals surface area contributed by atoms with E-state index in [1.54, 1.807) is 19.1 Å². The number of carbonyl (C=O) groups is 1. The van der Waals surface area contributed by atoms with Crippen LogP contribution in [0.2, 0.25) is 0 Å². The Kier molecular flexibility index (Phi) is 4.33. The lowest BCUT2D eigenvalue weighted by Crippen LogP contribution is -2.57. The number of ether oxygens (including phenoxy) is 1.